The van der Waals surface area contributed by atoms with E-state index in [4.69, 9.17) is 80.6 Å². The average molecular weight is 1470 g/mol. The summed E-state index contributed by atoms with van der Waals surface area (Å²) in [6, 6.07) is 17.8. The minimum absolute atomic E-state index is 0. The quantitative estimate of drug-likeness (QED) is 0.0155. The molecule has 16 nitrogen and oxygen atoms in total. The molecule has 0 aliphatic heterocycles. The second kappa shape index (κ2) is 31.6. The van der Waals surface area contributed by atoms with Crippen LogP contribution in [0, 0.1) is 23.7 Å². The molecule has 1 radical (unpaired) electrons. The zero-order chi connectivity index (χ0) is 61.4. The van der Waals surface area contributed by atoms with Gasteiger partial charge in [-0.3, -0.25) is 4.72 Å². The monoisotopic (exact) mass is 1470 g/mol. The molecule has 88 heavy (non-hydrogen) atoms. The Morgan fingerprint density at radius 3 is 1.26 bits per heavy atom. The number of carbonyl (C=O) groups is 2. The van der Waals surface area contributed by atoms with E-state index in [9.17, 15) is 35.6 Å². The Balaban J connectivity index is 0.000000246. The average Bonchev–Trinajstić information content (AvgIpc) is 3.34. The molecular weight excluding hydrogens is 1410 g/mol. The van der Waals surface area contributed by atoms with Gasteiger partial charge in [-0.15, -0.1) is 24.0 Å². The van der Waals surface area contributed by atoms with Crippen LogP contribution < -0.4 is 48.0 Å². The molecule has 2 aromatic heterocycles. The Kier molecular flexibility index (Phi) is 25.2. The first-order chi connectivity index (χ1) is 41.0. The number of hydrogen-bond acceptors (Lipinski definition) is 13. The summed E-state index contributed by atoms with van der Waals surface area (Å²) in [7, 11) is -0.0749. The number of sulfonamides is 1. The molecule has 2 atom stereocenters. The molecule has 473 valence electrons. The molecular formula is C61H65Cl4F4IN4O12SV+2. The molecule has 4 saturated carbocycles. The number of alkyl halides is 4. The number of nitrogens with two attached hydrogens (primary N) is 1. The fraction of sp³-hybridized carbons (Fsp3) is 0.410. The van der Waals surface area contributed by atoms with Crippen LogP contribution >= 0.6 is 70.4 Å². The minimum atomic E-state index is -3.62. The van der Waals surface area contributed by atoms with Crippen molar-refractivity contribution in [1.29, 1.82) is 0 Å². The number of ether oxygens (including phenoxy) is 8. The summed E-state index contributed by atoms with van der Waals surface area (Å²) in [6.45, 7) is -4.48. The van der Waals surface area contributed by atoms with Gasteiger partial charge in [-0.1, -0.05) is 58.5 Å². The molecule has 27 heteroatoms. The van der Waals surface area contributed by atoms with Crippen molar-refractivity contribution in [2.24, 2.45) is 37.8 Å². The fourth-order valence-electron chi connectivity index (χ4n) is 8.81. The van der Waals surface area contributed by atoms with Gasteiger partial charge in [0, 0.05) is 42.5 Å². The van der Waals surface area contributed by atoms with E-state index >= 15 is 0 Å². The first kappa shape index (κ1) is 70.1. The van der Waals surface area contributed by atoms with Crippen LogP contribution in [0.1, 0.15) is 107 Å². The van der Waals surface area contributed by atoms with Gasteiger partial charge in [0.15, 0.2) is 47.8 Å². The molecule has 6 aromatic rings. The molecule has 0 amide bonds. The maximum absolute atomic E-state index is 13.6. The number of nitrogens with zero attached hydrogens (tertiary/aromatic N) is 2. The summed E-state index contributed by atoms with van der Waals surface area (Å²) in [6.07, 6.45) is 14.2. The number of benzene rings is 4. The summed E-state index contributed by atoms with van der Waals surface area (Å²) >= 11 is 26.1. The molecule has 0 spiro atoms. The second-order valence-corrected chi connectivity index (χ2v) is 25.3. The van der Waals surface area contributed by atoms with Crippen LogP contribution in [-0.2, 0) is 65.0 Å². The van der Waals surface area contributed by atoms with E-state index in [1.54, 1.807) is 78.3 Å². The van der Waals surface area contributed by atoms with Crippen LogP contribution in [0.3, 0.4) is 0 Å². The molecule has 4 aliphatic carbocycles. The third-order valence-corrected chi connectivity index (χ3v) is 16.2. The Morgan fingerprint density at radius 2 is 0.898 bits per heavy atom. The molecule has 4 fully saturated rings. The molecule has 0 unspecified atom stereocenters. The van der Waals surface area contributed by atoms with E-state index in [2.05, 4.69) is 14.2 Å². The zero-order valence-corrected chi connectivity index (χ0v) is 55.5. The number of hydrogen-bond donors (Lipinski definition) is 2. The molecule has 4 aromatic carbocycles. The molecule has 3 N–H and O–H groups in total. The first-order valence-electron chi connectivity index (χ1n) is 27.8. The Bertz CT molecular complexity index is 3510. The Morgan fingerprint density at radius 1 is 0.545 bits per heavy atom. The Hall–Kier alpha value is -5.34. The maximum atomic E-state index is 13.6. The third-order valence-electron chi connectivity index (χ3n) is 14.3. The van der Waals surface area contributed by atoms with Gasteiger partial charge in [-0.05, 0) is 147 Å². The van der Waals surface area contributed by atoms with Gasteiger partial charge in [-0.2, -0.15) is 17.6 Å². The summed E-state index contributed by atoms with van der Waals surface area (Å²) in [5.74, 6) is 0.770. The van der Waals surface area contributed by atoms with E-state index in [1.165, 1.54) is 42.5 Å². The standard InChI is InChI=1S/C31H32Cl2F2N2O7S.C30H30Cl2F2N2O5.HI.V/c1-37-14-23(32)22(24(33)15-37)13-27(20-8-10-26(44-31(34)35)29(11-20)42-17-19-5-6-19)43-30(38)21-7-9-25(36-45(2,39)40)28(12-21)41-16-18-3-4-18;1-36-13-22(31)21(23(32)14-36)12-26(19-7-9-25(41-30(33)34)28(10-19)39-16-18-4-5-18)40-29(37)20-6-8-24(35)27(11-20)38-15-17-2-3-17;;/h7-12,14-15,18-19,27,31H,3-6,13,16-17H2,1-2H3;6-11,13-14,17-18,26,30H,2-5,12,15-16H2,1H3,(H-,35,37);1H;/p+2/t27-;26-;;/m00../s1. The number of rotatable bonds is 28. The SMILES string of the molecule is C[n+]1cc(Cl)c(C[C@H](OC(=O)c2ccc(N)c(OCC3CC3)c2)c2ccc(OC(F)F)c(OCC3CC3)c2)c(Cl)c1.C[n+]1cc(Cl)c(C[C@H](OC(=O)c2ccc(NS(C)(=O)=O)c(OCC3CC3)c2)c2ccc(OC(F)F)c(OCC3CC3)c2)c(Cl)c1.I.[V]. The predicted octanol–water partition coefficient (Wildman–Crippen LogP) is 13.8. The maximum Gasteiger partial charge on any atom is 0.387 e. The zero-order valence-electron chi connectivity index (χ0n) is 47.9. The topological polar surface area (TPSA) is 188 Å². The normalized spacial score (nSPS) is 15.1. The van der Waals surface area contributed by atoms with Crippen molar-refractivity contribution in [3.05, 3.63) is 151 Å². The fourth-order valence-corrected chi connectivity index (χ4v) is 10.8. The van der Waals surface area contributed by atoms with E-state index < -0.39 is 47.4 Å². The van der Waals surface area contributed by atoms with Gasteiger partial charge in [0.05, 0.1) is 55.2 Å². The van der Waals surface area contributed by atoms with Crippen LogP contribution in [0.25, 0.3) is 0 Å². The van der Waals surface area contributed by atoms with Gasteiger partial charge in [0.25, 0.3) is 0 Å². The van der Waals surface area contributed by atoms with E-state index in [0.29, 0.717) is 104 Å². The number of halogens is 9. The first-order valence-corrected chi connectivity index (χ1v) is 31.2. The van der Waals surface area contributed by atoms with Crippen LogP contribution in [-0.4, -0.2) is 66.3 Å². The van der Waals surface area contributed by atoms with Crippen molar-refractivity contribution in [3.8, 4) is 34.5 Å². The van der Waals surface area contributed by atoms with Crippen molar-refractivity contribution < 1.29 is 101 Å². The van der Waals surface area contributed by atoms with Crippen LogP contribution in [0.15, 0.2) is 97.6 Å². The minimum Gasteiger partial charge on any atom is -0.491 e. The number of nitrogen functional groups attached to an aromatic ring is 1. The van der Waals surface area contributed by atoms with Gasteiger partial charge in [0.2, 0.25) is 10.0 Å². The number of esters is 2. The van der Waals surface area contributed by atoms with Crippen molar-refractivity contribution in [2.75, 3.05) is 43.1 Å². The van der Waals surface area contributed by atoms with E-state index in [1.807, 2.05) is 0 Å². The van der Waals surface area contributed by atoms with Crippen molar-refractivity contribution in [2.45, 2.75) is 89.6 Å². The third kappa shape index (κ3) is 21.1. The number of aromatic nitrogens is 2. The van der Waals surface area contributed by atoms with Crippen LogP contribution in [0.2, 0.25) is 20.1 Å². The number of nitrogens with one attached hydrogen (secondary N) is 1. The summed E-state index contributed by atoms with van der Waals surface area (Å²) in [4.78, 5) is 27.1. The molecule has 2 heterocycles. The molecule has 4 aliphatic rings. The van der Waals surface area contributed by atoms with Crippen molar-refractivity contribution in [3.63, 3.8) is 0 Å². The number of anilines is 2. The predicted molar refractivity (Wildman–Crippen MR) is 329 cm³/mol. The second-order valence-electron chi connectivity index (χ2n) is 21.9. The number of aryl methyl sites for hydroxylation is 2. The molecule has 0 bridgehead atoms. The largest absolute Gasteiger partial charge is 0.491 e. The Labute approximate surface area is 556 Å². The van der Waals surface area contributed by atoms with E-state index in [-0.39, 0.29) is 101 Å². The number of pyridine rings is 2. The van der Waals surface area contributed by atoms with Crippen molar-refractivity contribution >= 4 is 104 Å². The molecule has 0 saturated heterocycles. The van der Waals surface area contributed by atoms with Gasteiger partial charge in [0.1, 0.15) is 57.9 Å². The van der Waals surface area contributed by atoms with Gasteiger partial charge >= 0.3 is 25.2 Å². The summed E-state index contributed by atoms with van der Waals surface area (Å²) in [5.41, 5.74) is 9.00. The van der Waals surface area contributed by atoms with Crippen LogP contribution in [0.4, 0.5) is 28.9 Å². The smallest absolute Gasteiger partial charge is 0.387 e. The summed E-state index contributed by atoms with van der Waals surface area (Å²) in [5, 5.41) is 1.43. The van der Waals surface area contributed by atoms with E-state index in [0.717, 1.165) is 57.6 Å². The number of carbonyl (C=O) groups excluding carboxylic acids is 2. The van der Waals surface area contributed by atoms with Crippen LogP contribution in [0.5, 0.6) is 34.5 Å². The summed E-state index contributed by atoms with van der Waals surface area (Å²) < 4.78 is 127. The van der Waals surface area contributed by atoms with Gasteiger partial charge in [-0.25, -0.2) is 27.1 Å². The van der Waals surface area contributed by atoms with Gasteiger partial charge < -0.3 is 43.6 Å². The van der Waals surface area contributed by atoms with Crippen molar-refractivity contribution in [1.82, 2.24) is 0 Å². The molecule has 10 rings (SSSR count).